The van der Waals surface area contributed by atoms with Crippen molar-refractivity contribution in [1.82, 2.24) is 4.98 Å². The van der Waals surface area contributed by atoms with Gasteiger partial charge in [0, 0.05) is 12.3 Å². The molecule has 0 amide bonds. The highest BCUT2D eigenvalue weighted by Crippen LogP contribution is 2.25. The van der Waals surface area contributed by atoms with Gasteiger partial charge < -0.3 is 9.84 Å². The van der Waals surface area contributed by atoms with Gasteiger partial charge in [-0.25, -0.2) is 4.98 Å². The van der Waals surface area contributed by atoms with Gasteiger partial charge in [0.25, 0.3) is 0 Å². The largest absolute Gasteiger partial charge is 0.475 e. The number of aromatic nitrogens is 1. The molecule has 0 aliphatic rings. The number of pyridine rings is 1. The Hall–Kier alpha value is -1.09. The highest BCUT2D eigenvalue weighted by Gasteiger charge is 2.15. The lowest BCUT2D eigenvalue weighted by Gasteiger charge is -2.18. The van der Waals surface area contributed by atoms with Crippen molar-refractivity contribution in [2.75, 3.05) is 0 Å². The Balaban J connectivity index is 2.81. The molecule has 3 heteroatoms. The van der Waals surface area contributed by atoms with Gasteiger partial charge in [0.1, 0.15) is 0 Å². The highest BCUT2D eigenvalue weighted by molar-refractivity contribution is 5.23. The predicted molar refractivity (Wildman–Crippen MR) is 64.4 cm³/mol. The second-order valence-electron chi connectivity index (χ2n) is 4.42. The van der Waals surface area contributed by atoms with Crippen LogP contribution in [0.25, 0.3) is 0 Å². The first kappa shape index (κ1) is 13.0. The highest BCUT2D eigenvalue weighted by atomic mass is 16.5. The van der Waals surface area contributed by atoms with Gasteiger partial charge in [-0.2, -0.15) is 0 Å². The zero-order valence-corrected chi connectivity index (χ0v) is 10.5. The van der Waals surface area contributed by atoms with E-state index in [2.05, 4.69) is 11.9 Å². The van der Waals surface area contributed by atoms with E-state index < -0.39 is 6.10 Å². The first-order valence-electron chi connectivity index (χ1n) is 5.85. The normalized spacial score (nSPS) is 14.9. The van der Waals surface area contributed by atoms with Gasteiger partial charge in [-0.05, 0) is 31.4 Å². The Kier molecular flexibility index (Phi) is 4.74. The number of ether oxygens (including phenoxy) is 1. The van der Waals surface area contributed by atoms with Gasteiger partial charge in [-0.3, -0.25) is 0 Å². The van der Waals surface area contributed by atoms with Gasteiger partial charge in [0.05, 0.1) is 12.2 Å². The molecule has 0 bridgehead atoms. The third-order valence-electron chi connectivity index (χ3n) is 2.64. The standard InChI is InChI=1S/C13H21NO2/c1-5-10(4)13(15)11-6-7-14-12(8-11)16-9(2)3/h6-10,13,15H,5H2,1-4H3/t10-,13?/m1/s1. The molecule has 1 aromatic heterocycles. The third-order valence-corrected chi connectivity index (χ3v) is 2.64. The number of hydrogen-bond donors (Lipinski definition) is 1. The van der Waals surface area contributed by atoms with Crippen molar-refractivity contribution >= 4 is 0 Å². The molecule has 3 nitrogen and oxygen atoms in total. The molecule has 1 unspecified atom stereocenters. The lowest BCUT2D eigenvalue weighted by atomic mass is 9.96. The predicted octanol–water partition coefficient (Wildman–Crippen LogP) is 2.95. The summed E-state index contributed by atoms with van der Waals surface area (Å²) < 4.78 is 5.50. The molecular weight excluding hydrogens is 202 g/mol. The molecule has 1 heterocycles. The first-order valence-corrected chi connectivity index (χ1v) is 5.85. The van der Waals surface area contributed by atoms with Gasteiger partial charge in [0.2, 0.25) is 5.88 Å². The molecule has 1 aromatic rings. The number of rotatable bonds is 5. The van der Waals surface area contributed by atoms with Gasteiger partial charge in [-0.1, -0.05) is 20.3 Å². The summed E-state index contributed by atoms with van der Waals surface area (Å²) >= 11 is 0. The fourth-order valence-corrected chi connectivity index (χ4v) is 1.47. The van der Waals surface area contributed by atoms with Crippen LogP contribution in [-0.2, 0) is 0 Å². The summed E-state index contributed by atoms with van der Waals surface area (Å²) in [6.45, 7) is 8.02. The molecule has 0 fully saturated rings. The van der Waals surface area contributed by atoms with E-state index in [0.29, 0.717) is 5.88 Å². The minimum absolute atomic E-state index is 0.100. The molecule has 0 aliphatic heterocycles. The van der Waals surface area contributed by atoms with Crippen LogP contribution in [0.3, 0.4) is 0 Å². The van der Waals surface area contributed by atoms with Crippen LogP contribution < -0.4 is 4.74 Å². The molecule has 16 heavy (non-hydrogen) atoms. The summed E-state index contributed by atoms with van der Waals surface area (Å²) in [4.78, 5) is 4.11. The lowest BCUT2D eigenvalue weighted by Crippen LogP contribution is -2.10. The average molecular weight is 223 g/mol. The fraction of sp³-hybridized carbons (Fsp3) is 0.615. The van der Waals surface area contributed by atoms with Crippen LogP contribution in [0, 0.1) is 5.92 Å². The van der Waals surface area contributed by atoms with Crippen LogP contribution >= 0.6 is 0 Å². The maximum absolute atomic E-state index is 10.1. The minimum atomic E-state index is -0.442. The Bertz CT molecular complexity index is 325. The number of aliphatic hydroxyl groups excluding tert-OH is 1. The molecule has 1 rings (SSSR count). The molecule has 0 saturated carbocycles. The second kappa shape index (κ2) is 5.85. The van der Waals surface area contributed by atoms with Gasteiger partial charge in [0.15, 0.2) is 0 Å². The molecule has 0 radical (unpaired) electrons. The van der Waals surface area contributed by atoms with Crippen molar-refractivity contribution in [2.45, 2.75) is 46.3 Å². The SMILES string of the molecule is CC[C@@H](C)C(O)c1ccnc(OC(C)C)c1. The Morgan fingerprint density at radius 2 is 2.06 bits per heavy atom. The maximum Gasteiger partial charge on any atom is 0.213 e. The fourth-order valence-electron chi connectivity index (χ4n) is 1.47. The van der Waals surface area contributed by atoms with Gasteiger partial charge in [-0.15, -0.1) is 0 Å². The summed E-state index contributed by atoms with van der Waals surface area (Å²) in [7, 11) is 0. The van der Waals surface area contributed by atoms with Crippen LogP contribution in [0.2, 0.25) is 0 Å². The number of aliphatic hydroxyl groups is 1. The summed E-state index contributed by atoms with van der Waals surface area (Å²) in [6, 6.07) is 3.65. The summed E-state index contributed by atoms with van der Waals surface area (Å²) in [5, 5.41) is 10.1. The average Bonchev–Trinajstić information content (AvgIpc) is 2.26. The van der Waals surface area contributed by atoms with Crippen molar-refractivity contribution in [1.29, 1.82) is 0 Å². The molecule has 2 atom stereocenters. The minimum Gasteiger partial charge on any atom is -0.475 e. The maximum atomic E-state index is 10.1. The van der Waals surface area contributed by atoms with E-state index in [9.17, 15) is 5.11 Å². The van der Waals surface area contributed by atoms with E-state index in [-0.39, 0.29) is 12.0 Å². The van der Waals surface area contributed by atoms with Crippen molar-refractivity contribution in [3.63, 3.8) is 0 Å². The van der Waals surface area contributed by atoms with Crippen molar-refractivity contribution in [3.8, 4) is 5.88 Å². The number of hydrogen-bond acceptors (Lipinski definition) is 3. The van der Waals surface area contributed by atoms with E-state index in [1.165, 1.54) is 0 Å². The van der Waals surface area contributed by atoms with E-state index in [4.69, 9.17) is 4.74 Å². The number of nitrogens with zero attached hydrogens (tertiary/aromatic N) is 1. The molecule has 1 N–H and O–H groups in total. The topological polar surface area (TPSA) is 42.4 Å². The first-order chi connectivity index (χ1) is 7.54. The summed E-state index contributed by atoms with van der Waals surface area (Å²) in [5.41, 5.74) is 0.875. The second-order valence-corrected chi connectivity index (χ2v) is 4.42. The van der Waals surface area contributed by atoms with Crippen LogP contribution in [0.1, 0.15) is 45.8 Å². The smallest absolute Gasteiger partial charge is 0.213 e. The van der Waals surface area contributed by atoms with Crippen molar-refractivity contribution in [3.05, 3.63) is 23.9 Å². The quantitative estimate of drug-likeness (QED) is 0.834. The van der Waals surface area contributed by atoms with Crippen LogP contribution in [0.4, 0.5) is 0 Å². The lowest BCUT2D eigenvalue weighted by molar-refractivity contribution is 0.114. The van der Waals surface area contributed by atoms with E-state index >= 15 is 0 Å². The zero-order chi connectivity index (χ0) is 12.1. The third kappa shape index (κ3) is 3.49. The van der Waals surface area contributed by atoms with E-state index in [0.717, 1.165) is 12.0 Å². The molecule has 0 saturated heterocycles. The molecule has 0 aliphatic carbocycles. The Labute approximate surface area is 97.5 Å². The Morgan fingerprint density at radius 3 is 2.62 bits per heavy atom. The zero-order valence-electron chi connectivity index (χ0n) is 10.5. The molecule has 0 spiro atoms. The molecule has 0 aromatic carbocycles. The van der Waals surface area contributed by atoms with Crippen LogP contribution in [-0.4, -0.2) is 16.2 Å². The van der Waals surface area contributed by atoms with Crippen molar-refractivity contribution in [2.24, 2.45) is 5.92 Å². The molecular formula is C13H21NO2. The summed E-state index contributed by atoms with van der Waals surface area (Å²) in [5.74, 6) is 0.823. The van der Waals surface area contributed by atoms with E-state index in [1.807, 2.05) is 32.9 Å². The summed E-state index contributed by atoms with van der Waals surface area (Å²) in [6.07, 6.45) is 2.29. The Morgan fingerprint density at radius 1 is 1.38 bits per heavy atom. The van der Waals surface area contributed by atoms with Crippen LogP contribution in [0.15, 0.2) is 18.3 Å². The monoisotopic (exact) mass is 223 g/mol. The van der Waals surface area contributed by atoms with Gasteiger partial charge >= 0.3 is 0 Å². The molecule has 90 valence electrons. The van der Waals surface area contributed by atoms with Crippen molar-refractivity contribution < 1.29 is 9.84 Å². The van der Waals surface area contributed by atoms with E-state index in [1.54, 1.807) is 6.20 Å². The van der Waals surface area contributed by atoms with Crippen LogP contribution in [0.5, 0.6) is 5.88 Å².